The van der Waals surface area contributed by atoms with Gasteiger partial charge in [0.1, 0.15) is 5.82 Å². The summed E-state index contributed by atoms with van der Waals surface area (Å²) < 4.78 is 0. The van der Waals surface area contributed by atoms with Gasteiger partial charge in [0.05, 0.1) is 0 Å². The fraction of sp³-hybridized carbons (Fsp3) is 0.222. The summed E-state index contributed by atoms with van der Waals surface area (Å²) in [7, 11) is 0. The number of nitrogen functional groups attached to an aromatic ring is 1. The van der Waals surface area contributed by atoms with E-state index in [1.807, 2.05) is 24.3 Å². The first kappa shape index (κ1) is 9.13. The van der Waals surface area contributed by atoms with Crippen LogP contribution in [0.1, 0.15) is 12.0 Å². The van der Waals surface area contributed by atoms with E-state index in [0.717, 1.165) is 17.7 Å². The van der Waals surface area contributed by atoms with Crippen molar-refractivity contribution in [1.82, 2.24) is 4.98 Å². The smallest absolute Gasteiger partial charge is 0.130 e. The molecule has 0 unspecified atom stereocenters. The Kier molecular flexibility index (Phi) is 3.67. The second-order valence-electron chi connectivity index (χ2n) is 2.39. The fourth-order valence-electron chi connectivity index (χ4n) is 0.856. The Morgan fingerprint density at radius 1 is 1.58 bits per heavy atom. The van der Waals surface area contributed by atoms with Crippen molar-refractivity contribution in [1.29, 1.82) is 0 Å². The maximum atomic E-state index is 5.62. The number of aromatic nitrogens is 1. The molecule has 0 aliphatic carbocycles. The van der Waals surface area contributed by atoms with Gasteiger partial charge in [-0.05, 0) is 24.3 Å². The number of rotatable bonds is 3. The Hall–Kier alpha value is -0.960. The molecule has 3 heteroatoms. The second kappa shape index (κ2) is 4.83. The zero-order valence-electron chi connectivity index (χ0n) is 6.77. The molecule has 0 aromatic carbocycles. The summed E-state index contributed by atoms with van der Waals surface area (Å²) in [5.41, 5.74) is 6.59. The van der Waals surface area contributed by atoms with E-state index in [2.05, 4.69) is 17.6 Å². The van der Waals surface area contributed by atoms with Crippen LogP contribution in [0.2, 0.25) is 0 Å². The summed E-state index contributed by atoms with van der Waals surface area (Å²) in [4.78, 5) is 3.97. The number of allylic oxidation sites excluding steroid dienone is 1. The number of hydrogen-bond acceptors (Lipinski definition) is 3. The van der Waals surface area contributed by atoms with Crippen LogP contribution in [0, 0.1) is 0 Å². The quantitative estimate of drug-likeness (QED) is 0.698. The molecule has 1 rings (SSSR count). The van der Waals surface area contributed by atoms with Crippen molar-refractivity contribution in [2.24, 2.45) is 0 Å². The Bertz CT molecular complexity index is 271. The highest BCUT2D eigenvalue weighted by Gasteiger charge is 1.91. The first-order valence-corrected chi connectivity index (χ1v) is 4.45. The van der Waals surface area contributed by atoms with E-state index in [1.165, 1.54) is 0 Å². The molecule has 2 N–H and O–H groups in total. The third-order valence-corrected chi connectivity index (χ3v) is 1.72. The molecule has 0 aliphatic heterocycles. The Labute approximate surface area is 77.9 Å². The van der Waals surface area contributed by atoms with Gasteiger partial charge in [0.25, 0.3) is 0 Å². The zero-order valence-corrected chi connectivity index (χ0v) is 7.67. The van der Waals surface area contributed by atoms with E-state index in [4.69, 9.17) is 5.73 Å². The highest BCUT2D eigenvalue weighted by atomic mass is 32.1. The summed E-state index contributed by atoms with van der Waals surface area (Å²) in [6, 6.07) is 3.81. The van der Waals surface area contributed by atoms with Crippen molar-refractivity contribution in [3.05, 3.63) is 30.0 Å². The van der Waals surface area contributed by atoms with Gasteiger partial charge in [-0.25, -0.2) is 4.98 Å². The third-order valence-electron chi connectivity index (χ3n) is 1.46. The van der Waals surface area contributed by atoms with Gasteiger partial charge in [-0.2, -0.15) is 12.6 Å². The number of nitrogens with zero attached hydrogens (tertiary/aromatic N) is 1. The lowest BCUT2D eigenvalue weighted by molar-refractivity contribution is 1.26. The molecule has 0 spiro atoms. The van der Waals surface area contributed by atoms with Crippen molar-refractivity contribution in [2.45, 2.75) is 6.42 Å². The predicted octanol–water partition coefficient (Wildman–Crippen LogP) is 2.00. The van der Waals surface area contributed by atoms with E-state index in [0.29, 0.717) is 5.82 Å². The Balaban J connectivity index is 2.68. The Morgan fingerprint density at radius 3 is 3.08 bits per heavy atom. The third kappa shape index (κ3) is 2.58. The molecule has 0 amide bonds. The first-order valence-electron chi connectivity index (χ1n) is 3.82. The van der Waals surface area contributed by atoms with Gasteiger partial charge in [-0.1, -0.05) is 12.2 Å². The lowest BCUT2D eigenvalue weighted by atomic mass is 10.2. The van der Waals surface area contributed by atoms with Gasteiger partial charge in [-0.3, -0.25) is 0 Å². The van der Waals surface area contributed by atoms with Gasteiger partial charge in [-0.15, -0.1) is 0 Å². The van der Waals surface area contributed by atoms with Crippen LogP contribution in [0.15, 0.2) is 24.4 Å². The molecule has 0 saturated heterocycles. The number of hydrogen-bond donors (Lipinski definition) is 2. The van der Waals surface area contributed by atoms with Crippen molar-refractivity contribution in [3.63, 3.8) is 0 Å². The van der Waals surface area contributed by atoms with E-state index < -0.39 is 0 Å². The highest BCUT2D eigenvalue weighted by molar-refractivity contribution is 7.80. The van der Waals surface area contributed by atoms with Crippen LogP contribution in [0.25, 0.3) is 6.08 Å². The topological polar surface area (TPSA) is 38.9 Å². The summed E-state index contributed by atoms with van der Waals surface area (Å²) >= 11 is 4.09. The van der Waals surface area contributed by atoms with E-state index in [9.17, 15) is 0 Å². The van der Waals surface area contributed by atoms with Crippen LogP contribution in [0.3, 0.4) is 0 Å². The van der Waals surface area contributed by atoms with E-state index >= 15 is 0 Å². The van der Waals surface area contributed by atoms with Crippen molar-refractivity contribution >= 4 is 24.5 Å². The standard InChI is InChI=1S/C9H12N2S/c10-9-8(4-1-2-7-12)5-3-6-11-9/h1,3-6,12H,2,7H2,(H2,10,11). The summed E-state index contributed by atoms with van der Waals surface area (Å²) in [6.45, 7) is 0. The highest BCUT2D eigenvalue weighted by Crippen LogP contribution is 2.09. The minimum absolute atomic E-state index is 0.577. The number of thiol groups is 1. The molecule has 12 heavy (non-hydrogen) atoms. The molecule has 0 fully saturated rings. The minimum atomic E-state index is 0.577. The Morgan fingerprint density at radius 2 is 2.42 bits per heavy atom. The van der Waals surface area contributed by atoms with Crippen LogP contribution >= 0.6 is 12.6 Å². The SMILES string of the molecule is Nc1ncccc1C=CCCS. The normalized spacial score (nSPS) is 10.8. The zero-order chi connectivity index (χ0) is 8.81. The first-order chi connectivity index (χ1) is 5.84. The van der Waals surface area contributed by atoms with Gasteiger partial charge in [0.15, 0.2) is 0 Å². The minimum Gasteiger partial charge on any atom is -0.383 e. The maximum Gasteiger partial charge on any atom is 0.130 e. The van der Waals surface area contributed by atoms with Gasteiger partial charge >= 0.3 is 0 Å². The summed E-state index contributed by atoms with van der Waals surface area (Å²) in [5.74, 6) is 1.43. The molecule has 0 atom stereocenters. The molecule has 0 bridgehead atoms. The lowest BCUT2D eigenvalue weighted by Gasteiger charge is -1.96. The molecule has 1 heterocycles. The van der Waals surface area contributed by atoms with Gasteiger partial charge < -0.3 is 5.73 Å². The maximum absolute atomic E-state index is 5.62. The van der Waals surface area contributed by atoms with Gasteiger partial charge in [0, 0.05) is 11.8 Å². The largest absolute Gasteiger partial charge is 0.383 e. The van der Waals surface area contributed by atoms with Crippen molar-refractivity contribution in [3.8, 4) is 0 Å². The molecule has 0 aliphatic rings. The number of anilines is 1. The van der Waals surface area contributed by atoms with Crippen LogP contribution in [-0.2, 0) is 0 Å². The van der Waals surface area contributed by atoms with Gasteiger partial charge in [0.2, 0.25) is 0 Å². The average molecular weight is 180 g/mol. The average Bonchev–Trinajstić information content (AvgIpc) is 2.09. The molecule has 64 valence electrons. The molecule has 0 radical (unpaired) electrons. The fourth-order valence-corrected chi connectivity index (χ4v) is 1.00. The number of nitrogens with two attached hydrogens (primary N) is 1. The van der Waals surface area contributed by atoms with Crippen LogP contribution < -0.4 is 5.73 Å². The van der Waals surface area contributed by atoms with Crippen molar-refractivity contribution < 1.29 is 0 Å². The summed E-state index contributed by atoms with van der Waals surface area (Å²) in [6.07, 6.45) is 6.65. The molecule has 2 nitrogen and oxygen atoms in total. The summed E-state index contributed by atoms with van der Waals surface area (Å²) in [5, 5.41) is 0. The van der Waals surface area contributed by atoms with Crippen LogP contribution in [-0.4, -0.2) is 10.7 Å². The second-order valence-corrected chi connectivity index (χ2v) is 2.84. The molecular formula is C9H12N2S. The monoisotopic (exact) mass is 180 g/mol. The van der Waals surface area contributed by atoms with E-state index in [1.54, 1.807) is 6.20 Å². The lowest BCUT2D eigenvalue weighted by Crippen LogP contribution is -1.91. The van der Waals surface area contributed by atoms with E-state index in [-0.39, 0.29) is 0 Å². The van der Waals surface area contributed by atoms with Crippen molar-refractivity contribution in [2.75, 3.05) is 11.5 Å². The molecule has 0 saturated carbocycles. The molecule has 1 aromatic heterocycles. The molecular weight excluding hydrogens is 168 g/mol. The van der Waals surface area contributed by atoms with Crippen LogP contribution in [0.4, 0.5) is 5.82 Å². The van der Waals surface area contributed by atoms with Crippen LogP contribution in [0.5, 0.6) is 0 Å². The molecule has 1 aromatic rings. The predicted molar refractivity (Wildman–Crippen MR) is 56.2 cm³/mol. The number of pyridine rings is 1.